The van der Waals surface area contributed by atoms with Crippen molar-refractivity contribution in [2.24, 2.45) is 0 Å². The molecule has 1 rings (SSSR count). The van der Waals surface area contributed by atoms with Crippen molar-refractivity contribution in [2.75, 3.05) is 0 Å². The van der Waals surface area contributed by atoms with E-state index in [0.29, 0.717) is 13.1 Å². The van der Waals surface area contributed by atoms with Gasteiger partial charge in [-0.1, -0.05) is 0 Å². The Bertz CT molecular complexity index is 298. The van der Waals surface area contributed by atoms with Crippen molar-refractivity contribution < 1.29 is 5.11 Å². The van der Waals surface area contributed by atoms with E-state index >= 15 is 0 Å². The van der Waals surface area contributed by atoms with Gasteiger partial charge in [-0.15, -0.1) is 0 Å². The molecular formula is C8H14N2O2. The summed E-state index contributed by atoms with van der Waals surface area (Å²) in [6.07, 6.45) is 2.94. The van der Waals surface area contributed by atoms with Crippen LogP contribution in [0, 0.1) is 0 Å². The predicted molar refractivity (Wildman–Crippen MR) is 46.0 cm³/mol. The first-order chi connectivity index (χ1) is 5.65. The lowest BCUT2D eigenvalue weighted by Crippen LogP contribution is -2.26. The number of rotatable bonds is 3. The lowest BCUT2D eigenvalue weighted by atomic mass is 10.4. The lowest BCUT2D eigenvalue weighted by molar-refractivity contribution is 0.172. The maximum absolute atomic E-state index is 11.4. The lowest BCUT2D eigenvalue weighted by Gasteiger charge is -2.02. The van der Waals surface area contributed by atoms with Gasteiger partial charge in [-0.05, 0) is 13.8 Å². The number of nitrogens with zero attached hydrogens (tertiary/aromatic N) is 2. The van der Waals surface area contributed by atoms with Gasteiger partial charge in [0.2, 0.25) is 0 Å². The number of imidazole rings is 1. The second kappa shape index (κ2) is 3.58. The van der Waals surface area contributed by atoms with Crippen LogP contribution < -0.4 is 5.69 Å². The molecule has 1 heterocycles. The number of aromatic nitrogens is 2. The molecule has 0 amide bonds. The molecule has 0 fully saturated rings. The molecule has 0 saturated carbocycles. The van der Waals surface area contributed by atoms with E-state index in [2.05, 4.69) is 0 Å². The van der Waals surface area contributed by atoms with Gasteiger partial charge in [0.1, 0.15) is 0 Å². The molecule has 0 radical (unpaired) electrons. The van der Waals surface area contributed by atoms with Crippen LogP contribution in [0.5, 0.6) is 0 Å². The van der Waals surface area contributed by atoms with Crippen LogP contribution in [0.1, 0.15) is 13.8 Å². The SMILES string of the molecule is CCn1ccn(C[C@H](C)O)c1=O. The Hall–Kier alpha value is -1.03. The Morgan fingerprint density at radius 2 is 2.08 bits per heavy atom. The van der Waals surface area contributed by atoms with E-state index < -0.39 is 6.10 Å². The number of aryl methyl sites for hydroxylation is 1. The normalized spacial score (nSPS) is 13.2. The Balaban J connectivity index is 2.88. The quantitative estimate of drug-likeness (QED) is 0.696. The summed E-state index contributed by atoms with van der Waals surface area (Å²) in [6.45, 7) is 4.61. The third kappa shape index (κ3) is 1.76. The smallest absolute Gasteiger partial charge is 0.328 e. The van der Waals surface area contributed by atoms with Crippen molar-refractivity contribution in [3.8, 4) is 0 Å². The summed E-state index contributed by atoms with van der Waals surface area (Å²) in [4.78, 5) is 11.4. The number of aliphatic hydroxyl groups is 1. The Morgan fingerprint density at radius 3 is 2.50 bits per heavy atom. The van der Waals surface area contributed by atoms with Crippen LogP contribution >= 0.6 is 0 Å². The summed E-state index contributed by atoms with van der Waals surface area (Å²) in [5, 5.41) is 9.04. The maximum atomic E-state index is 11.4. The first-order valence-electron chi connectivity index (χ1n) is 4.08. The second-order valence-electron chi connectivity index (χ2n) is 2.87. The summed E-state index contributed by atoms with van der Waals surface area (Å²) in [6, 6.07) is 0. The highest BCUT2D eigenvalue weighted by atomic mass is 16.3. The van der Waals surface area contributed by atoms with Crippen molar-refractivity contribution in [3.05, 3.63) is 22.9 Å². The zero-order valence-corrected chi connectivity index (χ0v) is 7.40. The van der Waals surface area contributed by atoms with Gasteiger partial charge in [-0.2, -0.15) is 0 Å². The molecule has 0 aliphatic rings. The highest BCUT2D eigenvalue weighted by Gasteiger charge is 2.03. The first kappa shape index (κ1) is 9.06. The van der Waals surface area contributed by atoms with Gasteiger partial charge in [0, 0.05) is 18.9 Å². The van der Waals surface area contributed by atoms with E-state index in [0.717, 1.165) is 0 Å². The van der Waals surface area contributed by atoms with E-state index in [-0.39, 0.29) is 5.69 Å². The average molecular weight is 170 g/mol. The monoisotopic (exact) mass is 170 g/mol. The molecule has 68 valence electrons. The van der Waals surface area contributed by atoms with Crippen LogP contribution in [0.3, 0.4) is 0 Å². The first-order valence-corrected chi connectivity index (χ1v) is 4.08. The Kier molecular flexibility index (Phi) is 2.70. The molecule has 1 atom stereocenters. The molecule has 4 heteroatoms. The molecule has 0 aliphatic carbocycles. The number of hydrogen-bond acceptors (Lipinski definition) is 2. The predicted octanol–water partition coefficient (Wildman–Crippen LogP) is 0.0505. The average Bonchev–Trinajstić information content (AvgIpc) is 2.32. The standard InChI is InChI=1S/C8H14N2O2/c1-3-9-4-5-10(8(9)12)6-7(2)11/h4-5,7,11H,3,6H2,1-2H3/t7-/m0/s1. The Morgan fingerprint density at radius 1 is 1.50 bits per heavy atom. The van der Waals surface area contributed by atoms with Crippen LogP contribution in [0.15, 0.2) is 17.2 Å². The van der Waals surface area contributed by atoms with Gasteiger partial charge in [-0.25, -0.2) is 4.79 Å². The van der Waals surface area contributed by atoms with Crippen LogP contribution in [0.4, 0.5) is 0 Å². The highest BCUT2D eigenvalue weighted by molar-refractivity contribution is 4.81. The maximum Gasteiger partial charge on any atom is 0.328 e. The van der Waals surface area contributed by atoms with Gasteiger partial charge in [0.25, 0.3) is 0 Å². The van der Waals surface area contributed by atoms with E-state index in [1.54, 1.807) is 23.9 Å². The van der Waals surface area contributed by atoms with Crippen molar-refractivity contribution in [2.45, 2.75) is 33.0 Å². The zero-order chi connectivity index (χ0) is 9.14. The van der Waals surface area contributed by atoms with E-state index in [1.807, 2.05) is 6.92 Å². The molecule has 4 nitrogen and oxygen atoms in total. The summed E-state index contributed by atoms with van der Waals surface area (Å²) in [5.74, 6) is 0. The van der Waals surface area contributed by atoms with Gasteiger partial charge in [0.05, 0.1) is 12.6 Å². The molecule has 12 heavy (non-hydrogen) atoms. The molecule has 0 aromatic carbocycles. The third-order valence-corrected chi connectivity index (χ3v) is 1.72. The van der Waals surface area contributed by atoms with Gasteiger partial charge in [0.15, 0.2) is 0 Å². The molecule has 1 aromatic heterocycles. The Labute approximate surface area is 71.1 Å². The van der Waals surface area contributed by atoms with Crippen LogP contribution in [0.25, 0.3) is 0 Å². The highest BCUT2D eigenvalue weighted by Crippen LogP contribution is 1.88. The van der Waals surface area contributed by atoms with Crippen molar-refractivity contribution in [3.63, 3.8) is 0 Å². The molecular weight excluding hydrogens is 156 g/mol. The van der Waals surface area contributed by atoms with E-state index in [1.165, 1.54) is 4.57 Å². The van der Waals surface area contributed by atoms with Crippen LogP contribution in [0.2, 0.25) is 0 Å². The molecule has 1 aromatic rings. The molecule has 0 aliphatic heterocycles. The van der Waals surface area contributed by atoms with E-state index in [4.69, 9.17) is 5.11 Å². The second-order valence-corrected chi connectivity index (χ2v) is 2.87. The number of aliphatic hydroxyl groups excluding tert-OH is 1. The fourth-order valence-electron chi connectivity index (χ4n) is 1.12. The van der Waals surface area contributed by atoms with Crippen molar-refractivity contribution in [1.82, 2.24) is 9.13 Å². The topological polar surface area (TPSA) is 47.2 Å². The fourth-order valence-corrected chi connectivity index (χ4v) is 1.12. The van der Waals surface area contributed by atoms with E-state index in [9.17, 15) is 4.79 Å². The van der Waals surface area contributed by atoms with Crippen LogP contribution in [-0.2, 0) is 13.1 Å². The minimum Gasteiger partial charge on any atom is -0.392 e. The molecule has 0 spiro atoms. The summed E-state index contributed by atoms with van der Waals surface area (Å²) in [7, 11) is 0. The summed E-state index contributed by atoms with van der Waals surface area (Å²) in [5.41, 5.74) is -0.0570. The summed E-state index contributed by atoms with van der Waals surface area (Å²) >= 11 is 0. The van der Waals surface area contributed by atoms with Crippen molar-refractivity contribution >= 4 is 0 Å². The molecule has 0 unspecified atom stereocenters. The van der Waals surface area contributed by atoms with Crippen molar-refractivity contribution in [1.29, 1.82) is 0 Å². The van der Waals surface area contributed by atoms with Crippen LogP contribution in [-0.4, -0.2) is 20.3 Å². The molecule has 0 saturated heterocycles. The molecule has 1 N–H and O–H groups in total. The fraction of sp³-hybridized carbons (Fsp3) is 0.625. The van der Waals surface area contributed by atoms with Gasteiger partial charge < -0.3 is 5.11 Å². The third-order valence-electron chi connectivity index (χ3n) is 1.72. The van der Waals surface area contributed by atoms with Gasteiger partial charge in [-0.3, -0.25) is 9.13 Å². The zero-order valence-electron chi connectivity index (χ0n) is 7.40. The minimum absolute atomic E-state index is 0.0570. The minimum atomic E-state index is -0.476. The molecule has 0 bridgehead atoms. The number of hydrogen-bond donors (Lipinski definition) is 1. The summed E-state index contributed by atoms with van der Waals surface area (Å²) < 4.78 is 3.11. The van der Waals surface area contributed by atoms with Gasteiger partial charge >= 0.3 is 5.69 Å². The largest absolute Gasteiger partial charge is 0.392 e.